The molecule has 0 radical (unpaired) electrons. The van der Waals surface area contributed by atoms with Crippen molar-refractivity contribution in [3.8, 4) is 0 Å². The molecule has 2 nitrogen and oxygen atoms in total. The summed E-state index contributed by atoms with van der Waals surface area (Å²) in [7, 11) is 0. The fourth-order valence-corrected chi connectivity index (χ4v) is 3.32. The number of hydrogen-bond acceptors (Lipinski definition) is 2. The van der Waals surface area contributed by atoms with Crippen molar-refractivity contribution < 1.29 is 0 Å². The van der Waals surface area contributed by atoms with Gasteiger partial charge in [0.05, 0.1) is 21.4 Å². The fraction of sp³-hybridized carbons (Fsp3) is 0.474. The van der Waals surface area contributed by atoms with Crippen molar-refractivity contribution in [3.05, 3.63) is 56.1 Å². The molecule has 0 amide bonds. The zero-order valence-corrected chi connectivity index (χ0v) is 16.0. The first kappa shape index (κ1) is 18.2. The van der Waals surface area contributed by atoms with Gasteiger partial charge in [0.25, 0.3) is 0 Å². The Balaban J connectivity index is 2.10. The van der Waals surface area contributed by atoms with Gasteiger partial charge in [-0.2, -0.15) is 0 Å². The number of hydrogen-bond donors (Lipinski definition) is 0. The molecule has 2 aromatic rings. The Morgan fingerprint density at radius 3 is 1.96 bits per heavy atom. The number of aryl methyl sites for hydroxylation is 5. The number of halogens is 2. The second kappa shape index (κ2) is 7.63. The maximum absolute atomic E-state index is 6.29. The molecular formula is C19H24Cl2N2. The first-order valence-electron chi connectivity index (χ1n) is 8.08. The van der Waals surface area contributed by atoms with Crippen LogP contribution in [0.1, 0.15) is 60.1 Å². The first-order chi connectivity index (χ1) is 10.8. The Morgan fingerprint density at radius 1 is 0.870 bits per heavy atom. The second-order valence-electron chi connectivity index (χ2n) is 6.45. The van der Waals surface area contributed by atoms with E-state index in [1.54, 1.807) is 0 Å². The molecule has 23 heavy (non-hydrogen) atoms. The Hall–Kier alpha value is -1.12. The highest BCUT2D eigenvalue weighted by molar-refractivity contribution is 6.31. The molecule has 0 atom stereocenters. The van der Waals surface area contributed by atoms with E-state index in [1.165, 1.54) is 0 Å². The molecule has 2 rings (SSSR count). The van der Waals surface area contributed by atoms with Crippen LogP contribution < -0.4 is 0 Å². The molecule has 0 bridgehead atoms. The smallest absolute Gasteiger partial charge is 0.0627 e. The number of aromatic nitrogens is 2. The Labute approximate surface area is 149 Å². The lowest BCUT2D eigenvalue weighted by molar-refractivity contribution is 0.746. The van der Waals surface area contributed by atoms with Crippen LogP contribution in [0.5, 0.6) is 0 Å². The number of nitrogens with zero attached hydrogens (tertiary/aromatic N) is 2. The maximum Gasteiger partial charge on any atom is 0.0627 e. The Morgan fingerprint density at radius 2 is 1.39 bits per heavy atom. The van der Waals surface area contributed by atoms with Gasteiger partial charge in [0, 0.05) is 11.4 Å². The molecule has 0 aliphatic carbocycles. The number of rotatable bonds is 5. The highest BCUT2D eigenvalue weighted by atomic mass is 35.5. The normalized spacial score (nSPS) is 11.3. The minimum absolute atomic E-state index is 0.338. The third-order valence-electron chi connectivity index (χ3n) is 4.12. The van der Waals surface area contributed by atoms with Crippen LogP contribution in [-0.4, -0.2) is 9.97 Å². The monoisotopic (exact) mass is 350 g/mol. The van der Waals surface area contributed by atoms with Crippen LogP contribution in [0, 0.1) is 20.8 Å². The third kappa shape index (κ3) is 4.45. The van der Waals surface area contributed by atoms with E-state index in [9.17, 15) is 0 Å². The summed E-state index contributed by atoms with van der Waals surface area (Å²) in [6.45, 7) is 10.3. The minimum Gasteiger partial charge on any atom is -0.256 e. The standard InChI is InChI=1S/C19H24Cl2N2/c1-11(2)19-16(21)10-13(4)18(23-19)8-6-7-17-12(3)9-15(20)14(5)22-17/h9-11H,6-8H2,1-5H3. The molecule has 124 valence electrons. The van der Waals surface area contributed by atoms with Crippen molar-refractivity contribution in [1.29, 1.82) is 0 Å². The third-order valence-corrected chi connectivity index (χ3v) is 4.80. The Kier molecular flexibility index (Phi) is 6.05. The average Bonchev–Trinajstić information content (AvgIpc) is 2.46. The van der Waals surface area contributed by atoms with Crippen molar-refractivity contribution in [2.45, 2.75) is 59.8 Å². The van der Waals surface area contributed by atoms with E-state index < -0.39 is 0 Å². The van der Waals surface area contributed by atoms with Crippen molar-refractivity contribution in [2.75, 3.05) is 0 Å². The van der Waals surface area contributed by atoms with Gasteiger partial charge in [-0.05, 0) is 69.2 Å². The molecule has 2 heterocycles. The lowest BCUT2D eigenvalue weighted by Gasteiger charge is -2.13. The van der Waals surface area contributed by atoms with Crippen molar-refractivity contribution in [1.82, 2.24) is 9.97 Å². The van der Waals surface area contributed by atoms with Crippen LogP contribution in [0.3, 0.4) is 0 Å². The highest BCUT2D eigenvalue weighted by Crippen LogP contribution is 2.25. The van der Waals surface area contributed by atoms with Gasteiger partial charge >= 0.3 is 0 Å². The summed E-state index contributed by atoms with van der Waals surface area (Å²) < 4.78 is 0. The molecule has 4 heteroatoms. The van der Waals surface area contributed by atoms with Crippen LogP contribution in [-0.2, 0) is 12.8 Å². The van der Waals surface area contributed by atoms with Crippen molar-refractivity contribution >= 4 is 23.2 Å². The molecule has 0 spiro atoms. The SMILES string of the molecule is Cc1cc(Cl)c(C)nc1CCCc1nc(C(C)C)c(Cl)cc1C. The molecule has 0 aliphatic heterocycles. The van der Waals surface area contributed by atoms with Gasteiger partial charge < -0.3 is 0 Å². The van der Waals surface area contributed by atoms with E-state index in [4.69, 9.17) is 28.2 Å². The van der Waals surface area contributed by atoms with Gasteiger partial charge in [0.15, 0.2) is 0 Å². The maximum atomic E-state index is 6.29. The lowest BCUT2D eigenvalue weighted by atomic mass is 10.0. The van der Waals surface area contributed by atoms with E-state index in [-0.39, 0.29) is 0 Å². The topological polar surface area (TPSA) is 25.8 Å². The van der Waals surface area contributed by atoms with E-state index in [2.05, 4.69) is 32.7 Å². The van der Waals surface area contributed by atoms with Gasteiger partial charge in [-0.3, -0.25) is 9.97 Å². The molecule has 2 aromatic heterocycles. The average molecular weight is 351 g/mol. The summed E-state index contributed by atoms with van der Waals surface area (Å²) in [5, 5.41) is 1.51. The van der Waals surface area contributed by atoms with Crippen molar-refractivity contribution in [2.24, 2.45) is 0 Å². The highest BCUT2D eigenvalue weighted by Gasteiger charge is 2.12. The van der Waals surface area contributed by atoms with E-state index >= 15 is 0 Å². The van der Waals surface area contributed by atoms with Crippen LogP contribution in [0.25, 0.3) is 0 Å². The largest absolute Gasteiger partial charge is 0.256 e. The molecule has 0 aliphatic rings. The first-order valence-corrected chi connectivity index (χ1v) is 8.83. The molecule has 0 saturated heterocycles. The van der Waals surface area contributed by atoms with Gasteiger partial charge in [-0.1, -0.05) is 37.0 Å². The minimum atomic E-state index is 0.338. The van der Waals surface area contributed by atoms with Crippen LogP contribution in [0.15, 0.2) is 12.1 Å². The predicted molar refractivity (Wildman–Crippen MR) is 98.8 cm³/mol. The van der Waals surface area contributed by atoms with Crippen LogP contribution in [0.2, 0.25) is 10.0 Å². The summed E-state index contributed by atoms with van der Waals surface area (Å²) >= 11 is 12.4. The van der Waals surface area contributed by atoms with Gasteiger partial charge in [-0.15, -0.1) is 0 Å². The lowest BCUT2D eigenvalue weighted by Crippen LogP contribution is -2.04. The molecule has 0 fully saturated rings. The van der Waals surface area contributed by atoms with E-state index in [1.807, 2.05) is 19.1 Å². The van der Waals surface area contributed by atoms with Gasteiger partial charge in [-0.25, -0.2) is 0 Å². The number of pyridine rings is 2. The zero-order valence-electron chi connectivity index (χ0n) is 14.5. The van der Waals surface area contributed by atoms with Crippen molar-refractivity contribution in [3.63, 3.8) is 0 Å². The summed E-state index contributed by atoms with van der Waals surface area (Å²) in [5.41, 5.74) is 6.48. The molecule has 0 saturated carbocycles. The van der Waals surface area contributed by atoms with Crippen LogP contribution in [0.4, 0.5) is 0 Å². The van der Waals surface area contributed by atoms with E-state index in [0.29, 0.717) is 5.92 Å². The summed E-state index contributed by atoms with van der Waals surface area (Å²) in [4.78, 5) is 9.40. The van der Waals surface area contributed by atoms with Gasteiger partial charge in [0.1, 0.15) is 0 Å². The predicted octanol–water partition coefficient (Wildman–Crippen LogP) is 6.01. The Bertz CT molecular complexity index is 709. The summed E-state index contributed by atoms with van der Waals surface area (Å²) in [6, 6.07) is 4.04. The summed E-state index contributed by atoms with van der Waals surface area (Å²) in [6.07, 6.45) is 2.89. The zero-order chi connectivity index (χ0) is 17.1. The quantitative estimate of drug-likeness (QED) is 0.659. The molecule has 0 unspecified atom stereocenters. The van der Waals surface area contributed by atoms with Crippen LogP contribution >= 0.6 is 23.2 Å². The van der Waals surface area contributed by atoms with E-state index in [0.717, 1.165) is 63.2 Å². The molecule has 0 N–H and O–H groups in total. The fourth-order valence-electron chi connectivity index (χ4n) is 2.69. The molecule has 0 aromatic carbocycles. The molecular weight excluding hydrogens is 327 g/mol. The van der Waals surface area contributed by atoms with Gasteiger partial charge in [0.2, 0.25) is 0 Å². The summed E-state index contributed by atoms with van der Waals surface area (Å²) in [5.74, 6) is 0.338. The second-order valence-corrected chi connectivity index (χ2v) is 7.26.